The molecule has 82 valence electrons. The van der Waals surface area contributed by atoms with Gasteiger partial charge < -0.3 is 5.11 Å². The Morgan fingerprint density at radius 1 is 1.38 bits per heavy atom. The fourth-order valence-electron chi connectivity index (χ4n) is 1.54. The summed E-state index contributed by atoms with van der Waals surface area (Å²) in [7, 11) is 0. The third-order valence-electron chi connectivity index (χ3n) is 2.33. The number of benzene rings is 1. The number of carboxylic acid groups (broad SMARTS) is 1. The van der Waals surface area contributed by atoms with Crippen LogP contribution in [0.15, 0.2) is 41.9 Å². The molecule has 1 heterocycles. The molecular formula is C12H11NO2S. The zero-order chi connectivity index (χ0) is 11.4. The summed E-state index contributed by atoms with van der Waals surface area (Å²) in [6.45, 7) is 0. The fraction of sp³-hybridized carbons (Fsp3) is 0.167. The van der Waals surface area contributed by atoms with E-state index in [4.69, 9.17) is 0 Å². The Morgan fingerprint density at radius 2 is 2.12 bits per heavy atom. The van der Waals surface area contributed by atoms with Crippen LogP contribution in [0.4, 0.5) is 0 Å². The molecule has 0 spiro atoms. The summed E-state index contributed by atoms with van der Waals surface area (Å²) in [6, 6.07) is 9.61. The highest BCUT2D eigenvalue weighted by atomic mass is 32.1. The van der Waals surface area contributed by atoms with Gasteiger partial charge in [0, 0.05) is 11.6 Å². The molecule has 2 aromatic rings. The van der Waals surface area contributed by atoms with Crippen molar-refractivity contribution >= 4 is 17.3 Å². The summed E-state index contributed by atoms with van der Waals surface area (Å²) in [5, 5.41) is 11.6. The lowest BCUT2D eigenvalue weighted by Gasteiger charge is -2.08. The zero-order valence-corrected chi connectivity index (χ0v) is 9.35. The lowest BCUT2D eigenvalue weighted by molar-refractivity contribution is -0.138. The number of carbonyl (C=O) groups is 1. The van der Waals surface area contributed by atoms with Crippen LogP contribution in [0, 0.1) is 0 Å². The minimum Gasteiger partial charge on any atom is -0.481 e. The lowest BCUT2D eigenvalue weighted by Crippen LogP contribution is -2.14. The molecule has 0 saturated heterocycles. The number of hydrogen-bond donors (Lipinski definition) is 1. The molecule has 3 nitrogen and oxygen atoms in total. The smallest absolute Gasteiger partial charge is 0.313 e. The molecule has 0 aliphatic heterocycles. The van der Waals surface area contributed by atoms with Crippen molar-refractivity contribution in [2.24, 2.45) is 0 Å². The number of rotatable bonds is 4. The fourth-order valence-corrected chi connectivity index (χ4v) is 2.27. The first kappa shape index (κ1) is 10.8. The minimum absolute atomic E-state index is 0.490. The van der Waals surface area contributed by atoms with Crippen molar-refractivity contribution in [3.8, 4) is 0 Å². The predicted octanol–water partition coefficient (Wildman–Crippen LogP) is 2.55. The second kappa shape index (κ2) is 4.90. The van der Waals surface area contributed by atoms with Crippen molar-refractivity contribution in [1.82, 2.24) is 4.98 Å². The van der Waals surface area contributed by atoms with Crippen LogP contribution in [0.2, 0.25) is 0 Å². The largest absolute Gasteiger partial charge is 0.481 e. The lowest BCUT2D eigenvalue weighted by atomic mass is 10.0. The third kappa shape index (κ3) is 2.46. The summed E-state index contributed by atoms with van der Waals surface area (Å²) in [5.41, 5.74) is 1.02. The maximum atomic E-state index is 11.2. The van der Waals surface area contributed by atoms with E-state index in [0.29, 0.717) is 11.4 Å². The van der Waals surface area contributed by atoms with Crippen LogP contribution >= 0.6 is 11.3 Å². The number of carboxylic acids is 1. The highest BCUT2D eigenvalue weighted by Gasteiger charge is 2.22. The van der Waals surface area contributed by atoms with Crippen molar-refractivity contribution < 1.29 is 9.90 Å². The van der Waals surface area contributed by atoms with Crippen molar-refractivity contribution in [2.45, 2.75) is 12.3 Å². The van der Waals surface area contributed by atoms with Crippen LogP contribution in [0.5, 0.6) is 0 Å². The first-order valence-corrected chi connectivity index (χ1v) is 5.81. The van der Waals surface area contributed by atoms with E-state index in [1.807, 2.05) is 30.3 Å². The molecule has 16 heavy (non-hydrogen) atoms. The van der Waals surface area contributed by atoms with E-state index >= 15 is 0 Å². The Labute approximate surface area is 97.4 Å². The molecule has 0 aliphatic rings. The monoisotopic (exact) mass is 233 g/mol. The van der Waals surface area contributed by atoms with Gasteiger partial charge in [0.2, 0.25) is 0 Å². The van der Waals surface area contributed by atoms with E-state index < -0.39 is 11.9 Å². The number of aromatic nitrogens is 1. The van der Waals surface area contributed by atoms with Gasteiger partial charge in [-0.3, -0.25) is 4.79 Å². The standard InChI is InChI=1S/C12H11NO2S/c14-12(15)10(11-13-6-7-16-11)8-9-4-2-1-3-5-9/h1-7,10H,8H2,(H,14,15). The highest BCUT2D eigenvalue weighted by molar-refractivity contribution is 7.09. The van der Waals surface area contributed by atoms with Gasteiger partial charge in [0.1, 0.15) is 10.9 Å². The maximum Gasteiger partial charge on any atom is 0.313 e. The van der Waals surface area contributed by atoms with Crippen molar-refractivity contribution in [1.29, 1.82) is 0 Å². The Kier molecular flexibility index (Phi) is 3.31. The van der Waals surface area contributed by atoms with Gasteiger partial charge in [0.15, 0.2) is 0 Å². The molecule has 2 rings (SSSR count). The van der Waals surface area contributed by atoms with Gasteiger partial charge in [-0.1, -0.05) is 30.3 Å². The third-order valence-corrected chi connectivity index (χ3v) is 3.22. The van der Waals surface area contributed by atoms with Crippen LogP contribution < -0.4 is 0 Å². The quantitative estimate of drug-likeness (QED) is 0.882. The van der Waals surface area contributed by atoms with Gasteiger partial charge in [-0.25, -0.2) is 4.98 Å². The summed E-state index contributed by atoms with van der Waals surface area (Å²) >= 11 is 1.39. The molecule has 0 saturated carbocycles. The van der Waals surface area contributed by atoms with E-state index in [1.54, 1.807) is 11.6 Å². The van der Waals surface area contributed by atoms with E-state index in [0.717, 1.165) is 5.56 Å². The molecular weight excluding hydrogens is 222 g/mol. The molecule has 1 aromatic carbocycles. The molecule has 0 amide bonds. The predicted molar refractivity (Wildman–Crippen MR) is 62.6 cm³/mol. The topological polar surface area (TPSA) is 50.2 Å². The highest BCUT2D eigenvalue weighted by Crippen LogP contribution is 2.22. The normalized spacial score (nSPS) is 12.2. The second-order valence-corrected chi connectivity index (χ2v) is 4.38. The Bertz CT molecular complexity index is 453. The van der Waals surface area contributed by atoms with Crippen molar-refractivity contribution in [3.05, 3.63) is 52.5 Å². The first-order chi connectivity index (χ1) is 7.77. The Morgan fingerprint density at radius 3 is 2.69 bits per heavy atom. The van der Waals surface area contributed by atoms with Gasteiger partial charge >= 0.3 is 5.97 Å². The van der Waals surface area contributed by atoms with E-state index in [2.05, 4.69) is 4.98 Å². The molecule has 1 aromatic heterocycles. The average Bonchev–Trinajstić information content (AvgIpc) is 2.80. The first-order valence-electron chi connectivity index (χ1n) is 4.93. The van der Waals surface area contributed by atoms with E-state index in [9.17, 15) is 9.90 Å². The number of aliphatic carboxylic acids is 1. The molecule has 4 heteroatoms. The van der Waals surface area contributed by atoms with E-state index in [-0.39, 0.29) is 0 Å². The maximum absolute atomic E-state index is 11.2. The second-order valence-electron chi connectivity index (χ2n) is 3.45. The van der Waals surface area contributed by atoms with Gasteiger partial charge in [-0.15, -0.1) is 11.3 Å². The Hall–Kier alpha value is -1.68. The van der Waals surface area contributed by atoms with Gasteiger partial charge in [0.05, 0.1) is 0 Å². The zero-order valence-electron chi connectivity index (χ0n) is 8.54. The summed E-state index contributed by atoms with van der Waals surface area (Å²) in [6.07, 6.45) is 2.13. The summed E-state index contributed by atoms with van der Waals surface area (Å²) in [4.78, 5) is 15.2. The van der Waals surface area contributed by atoms with Crippen molar-refractivity contribution in [2.75, 3.05) is 0 Å². The van der Waals surface area contributed by atoms with Crippen LogP contribution in [0.25, 0.3) is 0 Å². The molecule has 0 radical (unpaired) electrons. The number of thiazole rings is 1. The molecule has 0 bridgehead atoms. The summed E-state index contributed by atoms with van der Waals surface area (Å²) < 4.78 is 0. The van der Waals surface area contributed by atoms with Gasteiger partial charge in [-0.05, 0) is 12.0 Å². The average molecular weight is 233 g/mol. The van der Waals surface area contributed by atoms with Gasteiger partial charge in [-0.2, -0.15) is 0 Å². The number of hydrogen-bond acceptors (Lipinski definition) is 3. The SMILES string of the molecule is O=C(O)C(Cc1ccccc1)c1nccs1. The van der Waals surface area contributed by atoms with Crippen molar-refractivity contribution in [3.63, 3.8) is 0 Å². The van der Waals surface area contributed by atoms with E-state index in [1.165, 1.54) is 11.3 Å². The minimum atomic E-state index is -0.821. The Balaban J connectivity index is 2.19. The molecule has 1 atom stereocenters. The summed E-state index contributed by atoms with van der Waals surface area (Å²) in [5.74, 6) is -1.36. The number of nitrogens with zero attached hydrogens (tertiary/aromatic N) is 1. The molecule has 0 fully saturated rings. The van der Waals surface area contributed by atoms with Crippen LogP contribution in [0.3, 0.4) is 0 Å². The van der Waals surface area contributed by atoms with Crippen LogP contribution in [-0.2, 0) is 11.2 Å². The molecule has 1 N–H and O–H groups in total. The molecule has 1 unspecified atom stereocenters. The van der Waals surface area contributed by atoms with Gasteiger partial charge in [0.25, 0.3) is 0 Å². The van der Waals surface area contributed by atoms with Crippen LogP contribution in [-0.4, -0.2) is 16.1 Å². The van der Waals surface area contributed by atoms with Crippen LogP contribution in [0.1, 0.15) is 16.5 Å². The molecule has 0 aliphatic carbocycles.